The van der Waals surface area contributed by atoms with Crippen molar-refractivity contribution in [3.05, 3.63) is 23.4 Å². The van der Waals surface area contributed by atoms with Gasteiger partial charge in [0.15, 0.2) is 6.23 Å². The minimum atomic E-state index is -1.30. The van der Waals surface area contributed by atoms with Gasteiger partial charge in [-0.15, -0.1) is 0 Å². The van der Waals surface area contributed by atoms with Crippen molar-refractivity contribution in [2.24, 2.45) is 0 Å². The second-order valence-corrected chi connectivity index (χ2v) is 4.56. The van der Waals surface area contributed by atoms with Crippen LogP contribution in [0.5, 0.6) is 5.75 Å². The van der Waals surface area contributed by atoms with E-state index in [0.717, 1.165) is 0 Å². The number of nitrogens with one attached hydrogen (secondary N) is 1. The predicted molar refractivity (Wildman–Crippen MR) is 72.0 cm³/mol. The molecule has 0 aliphatic carbocycles. The first kappa shape index (κ1) is 15.8. The third-order valence-electron chi connectivity index (χ3n) is 3.25. The van der Waals surface area contributed by atoms with Gasteiger partial charge in [0.05, 0.1) is 25.1 Å². The highest BCUT2D eigenvalue weighted by Crippen LogP contribution is 2.32. The summed E-state index contributed by atoms with van der Waals surface area (Å²) in [6.45, 7) is -0.459. The number of methoxy groups -OCH3 is 1. The maximum atomic E-state index is 11.2. The summed E-state index contributed by atoms with van der Waals surface area (Å²) in [6.07, 6.45) is -4.52. The van der Waals surface area contributed by atoms with Crippen LogP contribution in [-0.2, 0) is 4.74 Å². The highest BCUT2D eigenvalue weighted by Gasteiger charge is 2.42. The van der Waals surface area contributed by atoms with Crippen molar-refractivity contribution in [3.8, 4) is 5.75 Å². The van der Waals surface area contributed by atoms with Gasteiger partial charge < -0.3 is 40.5 Å². The highest BCUT2D eigenvalue weighted by molar-refractivity contribution is 5.71. The van der Waals surface area contributed by atoms with Crippen molar-refractivity contribution in [2.45, 2.75) is 24.5 Å². The van der Waals surface area contributed by atoms with Crippen LogP contribution < -0.4 is 15.3 Å². The average molecular weight is 301 g/mol. The predicted octanol–water partition coefficient (Wildman–Crippen LogP) is -0.761. The van der Waals surface area contributed by atoms with Crippen LogP contribution in [0.4, 0.5) is 11.4 Å². The van der Waals surface area contributed by atoms with E-state index >= 15 is 0 Å². The minimum absolute atomic E-state index is 0.146. The number of hydrogen-bond donors (Lipinski definition) is 5. The summed E-state index contributed by atoms with van der Waals surface area (Å²) in [5, 5.41) is 51.1. The van der Waals surface area contributed by atoms with Crippen molar-refractivity contribution < 1.29 is 30.0 Å². The largest absolute Gasteiger partial charge is 0.733 e. The molecule has 1 aromatic rings. The number of rotatable bonds is 5. The lowest BCUT2D eigenvalue weighted by Crippen LogP contribution is -2.36. The van der Waals surface area contributed by atoms with Crippen LogP contribution in [0.15, 0.2) is 18.2 Å². The quantitative estimate of drug-likeness (QED) is 0.444. The van der Waals surface area contributed by atoms with Crippen molar-refractivity contribution in [2.75, 3.05) is 24.3 Å². The van der Waals surface area contributed by atoms with Crippen LogP contribution in [0.3, 0.4) is 0 Å². The van der Waals surface area contributed by atoms with Gasteiger partial charge in [0.1, 0.15) is 24.1 Å². The second kappa shape index (κ2) is 6.43. The van der Waals surface area contributed by atoms with Crippen LogP contribution in [0.2, 0.25) is 0 Å². The first-order chi connectivity index (χ1) is 9.97. The lowest BCUT2D eigenvalue weighted by atomic mass is 10.1. The Morgan fingerprint density at radius 1 is 1.38 bits per heavy atom. The molecule has 0 radical (unpaired) electrons. The first-order valence-corrected chi connectivity index (χ1v) is 6.21. The van der Waals surface area contributed by atoms with Crippen molar-refractivity contribution in [1.82, 2.24) is 0 Å². The van der Waals surface area contributed by atoms with Gasteiger partial charge in [0, 0.05) is 6.07 Å². The van der Waals surface area contributed by atoms with Crippen LogP contribution in [-0.4, -0.2) is 58.8 Å². The third kappa shape index (κ3) is 3.18. The van der Waals surface area contributed by atoms with Gasteiger partial charge >= 0.3 is 0 Å². The van der Waals surface area contributed by atoms with Crippen LogP contribution in [0, 0.1) is 5.21 Å². The molecule has 1 aliphatic heterocycles. The Balaban J connectivity index is 2.20. The number of aliphatic hydroxyl groups is 3. The van der Waals surface area contributed by atoms with Gasteiger partial charge in [-0.2, -0.15) is 0 Å². The van der Waals surface area contributed by atoms with Gasteiger partial charge in [0.2, 0.25) is 0 Å². The molecular weight excluding hydrogens is 284 g/mol. The molecule has 0 saturated carbocycles. The Morgan fingerprint density at radius 2 is 2.10 bits per heavy atom. The molecular formula is C12H17N2O7-. The lowest BCUT2D eigenvalue weighted by Gasteiger charge is -2.27. The normalized spacial score (nSPS) is 28.5. The Morgan fingerprint density at radius 3 is 2.62 bits per heavy atom. The zero-order chi connectivity index (χ0) is 15.6. The summed E-state index contributed by atoms with van der Waals surface area (Å²) in [7, 11) is 1.41. The monoisotopic (exact) mass is 301 g/mol. The number of aliphatic hydroxyl groups excluding tert-OH is 3. The minimum Gasteiger partial charge on any atom is -0.733 e. The zero-order valence-electron chi connectivity index (χ0n) is 11.2. The van der Waals surface area contributed by atoms with E-state index in [1.54, 1.807) is 0 Å². The van der Waals surface area contributed by atoms with Crippen LogP contribution in [0.1, 0.15) is 0 Å². The molecule has 0 spiro atoms. The van der Waals surface area contributed by atoms with E-state index in [2.05, 4.69) is 5.32 Å². The Bertz CT molecular complexity index is 485. The molecule has 1 aromatic carbocycles. The van der Waals surface area contributed by atoms with Gasteiger partial charge in [0.25, 0.3) is 0 Å². The smallest absolute Gasteiger partial charge is 0.157 e. The lowest BCUT2D eigenvalue weighted by molar-refractivity contribution is -0.0153. The number of hydrogen-bond acceptors (Lipinski definition) is 9. The van der Waals surface area contributed by atoms with E-state index in [-0.39, 0.29) is 16.6 Å². The SMILES string of the molecule is COc1ccc(N[C@@H]2O[C@H](CO)[C@@H](O)[C@H]2O)c(N([O-])O)c1. The van der Waals surface area contributed by atoms with E-state index < -0.39 is 31.1 Å². The Hall–Kier alpha value is -1.62. The standard InChI is InChI=1S/C12H17N2O7/c1-20-6-2-3-7(8(4-6)14(18)19)13-12-11(17)10(16)9(5-15)21-12/h2-4,9-13,15-18H,5H2,1H3/q-1/t9-,10-,11-,12-/m1/s1. The molecule has 4 atom stereocenters. The summed E-state index contributed by atoms with van der Waals surface area (Å²) in [4.78, 5) is 0. The fraction of sp³-hybridized carbons (Fsp3) is 0.500. The average Bonchev–Trinajstić information content (AvgIpc) is 2.75. The first-order valence-electron chi connectivity index (χ1n) is 6.21. The maximum absolute atomic E-state index is 11.2. The Kier molecular flexibility index (Phi) is 4.83. The van der Waals surface area contributed by atoms with Gasteiger partial charge in [-0.1, -0.05) is 0 Å². The summed E-state index contributed by atoms with van der Waals surface area (Å²) in [5.74, 6) is 0.353. The molecule has 2 rings (SSSR count). The Labute approximate surface area is 120 Å². The van der Waals surface area contributed by atoms with Crippen LogP contribution >= 0.6 is 0 Å². The second-order valence-electron chi connectivity index (χ2n) is 4.56. The molecule has 0 bridgehead atoms. The number of anilines is 2. The summed E-state index contributed by atoms with van der Waals surface area (Å²) < 4.78 is 10.2. The van der Waals surface area contributed by atoms with Gasteiger partial charge in [-0.05, 0) is 12.1 Å². The molecule has 1 heterocycles. The molecule has 9 heteroatoms. The molecule has 1 fully saturated rings. The van der Waals surface area contributed by atoms with Crippen LogP contribution in [0.25, 0.3) is 0 Å². The molecule has 1 aliphatic rings. The van der Waals surface area contributed by atoms with E-state index in [4.69, 9.17) is 19.8 Å². The van der Waals surface area contributed by atoms with E-state index in [9.17, 15) is 15.4 Å². The van der Waals surface area contributed by atoms with E-state index in [1.165, 1.54) is 25.3 Å². The number of ether oxygens (including phenoxy) is 2. The number of nitrogens with zero attached hydrogens (tertiary/aromatic N) is 1. The van der Waals surface area contributed by atoms with Crippen molar-refractivity contribution >= 4 is 11.4 Å². The van der Waals surface area contributed by atoms with Crippen molar-refractivity contribution in [3.63, 3.8) is 0 Å². The fourth-order valence-corrected chi connectivity index (χ4v) is 2.09. The molecule has 1 saturated heterocycles. The van der Waals surface area contributed by atoms with Gasteiger partial charge in [-0.3, -0.25) is 5.21 Å². The highest BCUT2D eigenvalue weighted by atomic mass is 16.8. The summed E-state index contributed by atoms with van der Waals surface area (Å²) in [5.41, 5.74) is 0.0234. The molecule has 118 valence electrons. The molecule has 9 nitrogen and oxygen atoms in total. The van der Waals surface area contributed by atoms with E-state index in [1.807, 2.05) is 0 Å². The maximum Gasteiger partial charge on any atom is 0.157 e. The fourth-order valence-electron chi connectivity index (χ4n) is 2.09. The van der Waals surface area contributed by atoms with Crippen molar-refractivity contribution in [1.29, 1.82) is 0 Å². The van der Waals surface area contributed by atoms with E-state index in [0.29, 0.717) is 5.75 Å². The third-order valence-corrected chi connectivity index (χ3v) is 3.25. The molecule has 5 N–H and O–H groups in total. The molecule has 21 heavy (non-hydrogen) atoms. The van der Waals surface area contributed by atoms with Gasteiger partial charge in [-0.25, -0.2) is 0 Å². The zero-order valence-corrected chi connectivity index (χ0v) is 11.2. The number of benzene rings is 1. The molecule has 0 unspecified atom stereocenters. The molecule has 0 aromatic heterocycles. The topological polar surface area (TPSA) is 138 Å². The molecule has 0 amide bonds. The summed E-state index contributed by atoms with van der Waals surface area (Å²) in [6, 6.07) is 4.28. The summed E-state index contributed by atoms with van der Waals surface area (Å²) >= 11 is 0.